The Morgan fingerprint density at radius 3 is 1.49 bits per heavy atom. The van der Waals surface area contributed by atoms with Crippen LogP contribution in [0.1, 0.15) is 75.4 Å². The zero-order chi connectivity index (χ0) is 47.8. The van der Waals surface area contributed by atoms with Crippen LogP contribution in [0.25, 0.3) is 44.5 Å². The van der Waals surface area contributed by atoms with E-state index in [1.807, 2.05) is 0 Å². The molecule has 0 fully saturated rings. The molecule has 0 saturated heterocycles. The maximum absolute atomic E-state index is 2.53. The fraction of sp³-hybridized carbons (Fsp3) is 0.0986. The Morgan fingerprint density at radius 2 is 0.806 bits per heavy atom. The predicted octanol–water partition coefficient (Wildman–Crippen LogP) is 17.6. The molecule has 0 radical (unpaired) electrons. The first-order valence-electron chi connectivity index (χ1n) is 25.7. The summed E-state index contributed by atoms with van der Waals surface area (Å²) in [5.41, 5.74) is 26.6. The van der Waals surface area contributed by atoms with Gasteiger partial charge in [0.1, 0.15) is 0 Å². The van der Waals surface area contributed by atoms with Gasteiger partial charge in [-0.15, -0.1) is 0 Å². The summed E-state index contributed by atoms with van der Waals surface area (Å²) in [7, 11) is 0. The second kappa shape index (κ2) is 15.2. The van der Waals surface area contributed by atoms with E-state index in [0.717, 1.165) is 17.1 Å². The second-order valence-electron chi connectivity index (χ2n) is 21.0. The third-order valence-corrected chi connectivity index (χ3v) is 17.4. The van der Waals surface area contributed by atoms with E-state index < -0.39 is 10.8 Å². The normalized spacial score (nSPS) is 17.8. The van der Waals surface area contributed by atoms with Gasteiger partial charge >= 0.3 is 0 Å². The maximum Gasteiger partial charge on any atom is 0.0719 e. The zero-order valence-corrected chi connectivity index (χ0v) is 40.4. The molecule has 15 rings (SSSR count). The van der Waals surface area contributed by atoms with Gasteiger partial charge in [0.05, 0.1) is 10.8 Å². The van der Waals surface area contributed by atoms with Gasteiger partial charge in [-0.25, -0.2) is 0 Å². The number of nitrogens with zero attached hydrogens (tertiary/aromatic N) is 1. The van der Waals surface area contributed by atoms with Crippen LogP contribution in [0.5, 0.6) is 0 Å². The van der Waals surface area contributed by atoms with Crippen molar-refractivity contribution in [2.75, 3.05) is 4.90 Å². The van der Waals surface area contributed by atoms with Crippen molar-refractivity contribution in [2.24, 2.45) is 5.92 Å². The fourth-order valence-electron chi connectivity index (χ4n) is 14.6. The quantitative estimate of drug-likeness (QED) is 0.166. The Hall–Kier alpha value is -8.52. The van der Waals surface area contributed by atoms with Crippen molar-refractivity contribution in [3.63, 3.8) is 0 Å². The van der Waals surface area contributed by atoms with E-state index in [2.05, 4.69) is 280 Å². The van der Waals surface area contributed by atoms with E-state index in [0.29, 0.717) is 0 Å². The van der Waals surface area contributed by atoms with Crippen LogP contribution < -0.4 is 4.90 Å². The molecule has 0 bridgehead atoms. The lowest BCUT2D eigenvalue weighted by atomic mass is 9.51. The summed E-state index contributed by atoms with van der Waals surface area (Å²) in [6, 6.07) is 89.7. The number of anilines is 3. The van der Waals surface area contributed by atoms with Crippen LogP contribution in [0.4, 0.5) is 17.1 Å². The molecular weight excluding hydrogens is 867 g/mol. The summed E-state index contributed by atoms with van der Waals surface area (Å²) < 4.78 is 0. The largest absolute Gasteiger partial charge is 0.310 e. The first kappa shape index (κ1) is 41.3. The number of rotatable bonds is 5. The van der Waals surface area contributed by atoms with Crippen LogP contribution >= 0.6 is 0 Å². The summed E-state index contributed by atoms with van der Waals surface area (Å²) >= 11 is 0. The summed E-state index contributed by atoms with van der Waals surface area (Å²) in [6.45, 7) is 4.74. The van der Waals surface area contributed by atoms with Crippen LogP contribution in [0.15, 0.2) is 261 Å². The lowest BCUT2D eigenvalue weighted by Gasteiger charge is -2.50. The smallest absolute Gasteiger partial charge is 0.0719 e. The Morgan fingerprint density at radius 1 is 0.319 bits per heavy atom. The maximum atomic E-state index is 2.53. The van der Waals surface area contributed by atoms with Crippen LogP contribution in [-0.2, 0) is 16.2 Å². The van der Waals surface area contributed by atoms with Gasteiger partial charge in [-0.05, 0) is 137 Å². The minimum Gasteiger partial charge on any atom is -0.310 e. The lowest BCUT2D eigenvalue weighted by Crippen LogP contribution is -2.46. The average Bonchev–Trinajstić information content (AvgIpc) is 4.01. The highest BCUT2D eigenvalue weighted by Crippen LogP contribution is 2.69. The molecule has 0 N–H and O–H groups in total. The minimum atomic E-state index is -0.448. The molecule has 0 saturated carbocycles. The summed E-state index contributed by atoms with van der Waals surface area (Å²) in [5, 5.41) is 0. The monoisotopic (exact) mass is 917 g/mol. The van der Waals surface area contributed by atoms with Crippen molar-refractivity contribution in [1.29, 1.82) is 0 Å². The van der Waals surface area contributed by atoms with Crippen LogP contribution in [-0.4, -0.2) is 0 Å². The van der Waals surface area contributed by atoms with Gasteiger partial charge in [0.15, 0.2) is 0 Å². The molecular formula is C71H51N. The molecule has 0 amide bonds. The standard InChI is InChI=1S/C71H51N/c1-69(2)58-29-10-6-24-53(58)56-43-42-51(45-67(56)69)72(50-23-18-22-48(44-50)46-20-4-3-5-21-46)49-40-38-47(39-41-49)52-28-19-37-66-68(52)57-27-9-13-32-61(57)71(66)64-35-16-14-33-62(64)70(63-34-15-17-36-65(63)71)59-30-11-7-25-54(59)55-26-8-12-31-60(55)70/h3-45,57,61H,1-2H3. The zero-order valence-electron chi connectivity index (χ0n) is 40.4. The molecule has 2 unspecified atom stereocenters. The molecule has 340 valence electrons. The SMILES string of the molecule is CC1(C)c2ccccc2-c2ccc(N(c3ccc(-c4cccc5c4C4C=CC=CC4C54c5ccccc5C5(c6ccccc6-c6ccccc65)c5ccccc54)cc3)c3cccc(-c4ccccc4)c3)cc21. The predicted molar refractivity (Wildman–Crippen MR) is 298 cm³/mol. The molecule has 2 atom stereocenters. The third kappa shape index (κ3) is 5.38. The lowest BCUT2D eigenvalue weighted by molar-refractivity contribution is 0.432. The second-order valence-corrected chi connectivity index (χ2v) is 21.0. The highest BCUT2D eigenvalue weighted by molar-refractivity contribution is 5.91. The van der Waals surface area contributed by atoms with Crippen molar-refractivity contribution >= 4 is 17.1 Å². The molecule has 5 aliphatic rings. The highest BCUT2D eigenvalue weighted by atomic mass is 15.1. The Bertz CT molecular complexity index is 3830. The van der Waals surface area contributed by atoms with Crippen LogP contribution in [0, 0.1) is 5.92 Å². The Labute approximate surface area is 422 Å². The van der Waals surface area contributed by atoms with E-state index in [1.165, 1.54) is 100 Å². The van der Waals surface area contributed by atoms with Crippen molar-refractivity contribution in [3.8, 4) is 44.5 Å². The van der Waals surface area contributed by atoms with Crippen molar-refractivity contribution in [3.05, 3.63) is 317 Å². The summed E-state index contributed by atoms with van der Waals surface area (Å²) in [5.74, 6) is 0.349. The molecule has 1 heteroatoms. The van der Waals surface area contributed by atoms with Crippen LogP contribution in [0.2, 0.25) is 0 Å². The van der Waals surface area contributed by atoms with Crippen molar-refractivity contribution < 1.29 is 0 Å². The average molecular weight is 918 g/mol. The molecule has 2 spiro atoms. The Balaban J connectivity index is 0.908. The molecule has 5 aliphatic carbocycles. The van der Waals surface area contributed by atoms with Gasteiger partial charge in [-0.3, -0.25) is 0 Å². The fourth-order valence-corrected chi connectivity index (χ4v) is 14.6. The number of hydrogen-bond acceptors (Lipinski definition) is 1. The summed E-state index contributed by atoms with van der Waals surface area (Å²) in [6.07, 6.45) is 9.60. The molecule has 0 aromatic heterocycles. The van der Waals surface area contributed by atoms with E-state index in [-0.39, 0.29) is 17.3 Å². The van der Waals surface area contributed by atoms with Gasteiger partial charge < -0.3 is 4.90 Å². The molecule has 10 aromatic carbocycles. The highest BCUT2D eigenvalue weighted by Gasteiger charge is 2.62. The van der Waals surface area contributed by atoms with E-state index in [1.54, 1.807) is 0 Å². The number of allylic oxidation sites excluding steroid dienone is 4. The Kier molecular flexibility index (Phi) is 8.74. The third-order valence-electron chi connectivity index (χ3n) is 17.4. The van der Waals surface area contributed by atoms with Gasteiger partial charge in [0, 0.05) is 34.3 Å². The first-order chi connectivity index (χ1) is 35.5. The number of benzene rings is 10. The van der Waals surface area contributed by atoms with E-state index >= 15 is 0 Å². The minimum absolute atomic E-state index is 0.124. The van der Waals surface area contributed by atoms with Crippen molar-refractivity contribution in [2.45, 2.75) is 36.0 Å². The van der Waals surface area contributed by atoms with Gasteiger partial charge in [0.2, 0.25) is 0 Å². The molecule has 72 heavy (non-hydrogen) atoms. The van der Waals surface area contributed by atoms with Gasteiger partial charge in [-0.1, -0.05) is 238 Å². The van der Waals surface area contributed by atoms with Crippen molar-refractivity contribution in [1.82, 2.24) is 0 Å². The molecule has 0 heterocycles. The van der Waals surface area contributed by atoms with E-state index in [4.69, 9.17) is 0 Å². The summed E-state index contributed by atoms with van der Waals surface area (Å²) in [4.78, 5) is 2.45. The van der Waals surface area contributed by atoms with Crippen LogP contribution in [0.3, 0.4) is 0 Å². The molecule has 10 aromatic rings. The number of fused-ring (bicyclic) bond motifs is 19. The van der Waals surface area contributed by atoms with E-state index in [9.17, 15) is 0 Å². The number of hydrogen-bond donors (Lipinski definition) is 0. The van der Waals surface area contributed by atoms with Gasteiger partial charge in [-0.2, -0.15) is 0 Å². The molecule has 1 nitrogen and oxygen atoms in total. The topological polar surface area (TPSA) is 3.24 Å². The van der Waals surface area contributed by atoms with Gasteiger partial charge in [0.25, 0.3) is 0 Å². The first-order valence-corrected chi connectivity index (χ1v) is 25.7. The molecule has 0 aliphatic heterocycles.